The highest BCUT2D eigenvalue weighted by atomic mass is 16.2. The Kier molecular flexibility index (Phi) is 4.72. The van der Waals surface area contributed by atoms with Crippen LogP contribution in [0.15, 0.2) is 48.5 Å². The van der Waals surface area contributed by atoms with Crippen LogP contribution in [0, 0.1) is 13.8 Å². The molecule has 4 heteroatoms. The number of rotatable bonds is 4. The summed E-state index contributed by atoms with van der Waals surface area (Å²) in [6.07, 6.45) is -0.207. The van der Waals surface area contributed by atoms with Gasteiger partial charge in [-0.25, -0.2) is 0 Å². The van der Waals surface area contributed by atoms with Crippen molar-refractivity contribution in [3.63, 3.8) is 0 Å². The Morgan fingerprint density at radius 1 is 0.810 bits per heavy atom. The van der Waals surface area contributed by atoms with Gasteiger partial charge in [0.15, 0.2) is 0 Å². The van der Waals surface area contributed by atoms with Crippen LogP contribution in [0.25, 0.3) is 0 Å². The second-order valence-corrected chi connectivity index (χ2v) is 4.94. The molecule has 0 atom stereocenters. The zero-order valence-corrected chi connectivity index (χ0v) is 12.1. The molecule has 0 saturated carbocycles. The fourth-order valence-corrected chi connectivity index (χ4v) is 1.90. The quantitative estimate of drug-likeness (QED) is 0.846. The minimum Gasteiger partial charge on any atom is -0.326 e. The highest BCUT2D eigenvalue weighted by molar-refractivity contribution is 6.08. The van der Waals surface area contributed by atoms with Crippen LogP contribution in [0.1, 0.15) is 17.5 Å². The van der Waals surface area contributed by atoms with Crippen molar-refractivity contribution in [1.82, 2.24) is 0 Å². The molecule has 0 heterocycles. The van der Waals surface area contributed by atoms with Crippen LogP contribution < -0.4 is 10.6 Å². The summed E-state index contributed by atoms with van der Waals surface area (Å²) in [5, 5.41) is 5.41. The maximum Gasteiger partial charge on any atom is 0.233 e. The normalized spacial score (nSPS) is 10.0. The van der Waals surface area contributed by atoms with Crippen LogP contribution in [-0.2, 0) is 9.59 Å². The fourth-order valence-electron chi connectivity index (χ4n) is 1.90. The van der Waals surface area contributed by atoms with E-state index in [1.165, 1.54) is 0 Å². The first-order valence-corrected chi connectivity index (χ1v) is 6.76. The number of hydrogen-bond donors (Lipinski definition) is 2. The third-order valence-corrected chi connectivity index (χ3v) is 3.17. The van der Waals surface area contributed by atoms with Gasteiger partial charge in [0.1, 0.15) is 6.42 Å². The number of nitrogens with one attached hydrogen (secondary N) is 2. The molecule has 0 aliphatic carbocycles. The van der Waals surface area contributed by atoms with Crippen molar-refractivity contribution >= 4 is 23.2 Å². The second-order valence-electron chi connectivity index (χ2n) is 4.94. The molecule has 0 unspecified atom stereocenters. The molecule has 108 valence electrons. The molecule has 0 bridgehead atoms. The third kappa shape index (κ3) is 4.45. The SMILES string of the molecule is Cc1ccc(NC(=O)CC(=O)Nc2ccccc2)cc1C. The van der Waals surface area contributed by atoms with E-state index >= 15 is 0 Å². The maximum atomic E-state index is 11.8. The van der Waals surface area contributed by atoms with E-state index in [4.69, 9.17) is 0 Å². The van der Waals surface area contributed by atoms with Crippen LogP contribution in [0.4, 0.5) is 11.4 Å². The summed E-state index contributed by atoms with van der Waals surface area (Å²) in [5.74, 6) is -0.658. The van der Waals surface area contributed by atoms with Crippen molar-refractivity contribution in [3.8, 4) is 0 Å². The summed E-state index contributed by atoms with van der Waals surface area (Å²) < 4.78 is 0. The van der Waals surface area contributed by atoms with E-state index in [9.17, 15) is 9.59 Å². The Labute approximate surface area is 124 Å². The predicted octanol–water partition coefficient (Wildman–Crippen LogP) is 3.27. The maximum absolute atomic E-state index is 11.8. The van der Waals surface area contributed by atoms with E-state index in [-0.39, 0.29) is 18.2 Å². The summed E-state index contributed by atoms with van der Waals surface area (Å²) in [4.78, 5) is 23.6. The second kappa shape index (κ2) is 6.70. The van der Waals surface area contributed by atoms with Gasteiger partial charge in [0, 0.05) is 11.4 Å². The summed E-state index contributed by atoms with van der Waals surface area (Å²) in [5.41, 5.74) is 3.65. The number of aryl methyl sites for hydroxylation is 2. The summed E-state index contributed by atoms with van der Waals surface area (Å²) in [6, 6.07) is 14.7. The number of carbonyl (C=O) groups is 2. The lowest BCUT2D eigenvalue weighted by atomic mass is 10.1. The number of amides is 2. The Morgan fingerprint density at radius 3 is 2.05 bits per heavy atom. The molecule has 0 aromatic heterocycles. The largest absolute Gasteiger partial charge is 0.326 e. The predicted molar refractivity (Wildman–Crippen MR) is 84.2 cm³/mol. The molecule has 0 aliphatic heterocycles. The van der Waals surface area contributed by atoms with E-state index < -0.39 is 0 Å². The molecule has 0 saturated heterocycles. The monoisotopic (exact) mass is 282 g/mol. The van der Waals surface area contributed by atoms with Gasteiger partial charge in [0.25, 0.3) is 0 Å². The Bertz CT molecular complexity index is 651. The molecular formula is C17H18N2O2. The Hall–Kier alpha value is -2.62. The van der Waals surface area contributed by atoms with Gasteiger partial charge in [0.05, 0.1) is 0 Å². The Morgan fingerprint density at radius 2 is 1.43 bits per heavy atom. The van der Waals surface area contributed by atoms with E-state index in [1.54, 1.807) is 12.1 Å². The van der Waals surface area contributed by atoms with Gasteiger partial charge in [-0.2, -0.15) is 0 Å². The van der Waals surface area contributed by atoms with Gasteiger partial charge in [0.2, 0.25) is 11.8 Å². The zero-order valence-electron chi connectivity index (χ0n) is 12.1. The number of para-hydroxylation sites is 1. The van der Waals surface area contributed by atoms with Crippen molar-refractivity contribution in [3.05, 3.63) is 59.7 Å². The van der Waals surface area contributed by atoms with Crippen LogP contribution in [0.2, 0.25) is 0 Å². The van der Waals surface area contributed by atoms with E-state index in [0.717, 1.165) is 11.1 Å². The van der Waals surface area contributed by atoms with Crippen LogP contribution in [-0.4, -0.2) is 11.8 Å². The summed E-state index contributed by atoms with van der Waals surface area (Å²) >= 11 is 0. The molecule has 0 radical (unpaired) electrons. The molecule has 0 fully saturated rings. The molecule has 2 amide bonds. The molecule has 2 rings (SSSR count). The van der Waals surface area contributed by atoms with Gasteiger partial charge in [-0.1, -0.05) is 24.3 Å². The average molecular weight is 282 g/mol. The van der Waals surface area contributed by atoms with Crippen LogP contribution in [0.5, 0.6) is 0 Å². The summed E-state index contributed by atoms with van der Waals surface area (Å²) in [7, 11) is 0. The highest BCUT2D eigenvalue weighted by Crippen LogP contribution is 2.14. The molecule has 21 heavy (non-hydrogen) atoms. The molecule has 4 nitrogen and oxygen atoms in total. The number of benzene rings is 2. The van der Waals surface area contributed by atoms with Crippen molar-refractivity contribution in [2.75, 3.05) is 10.6 Å². The average Bonchev–Trinajstić information content (AvgIpc) is 2.43. The molecule has 2 aromatic rings. The lowest BCUT2D eigenvalue weighted by molar-refractivity contribution is -0.123. The first-order chi connectivity index (χ1) is 10.0. The zero-order chi connectivity index (χ0) is 15.2. The third-order valence-electron chi connectivity index (χ3n) is 3.17. The molecule has 2 N–H and O–H groups in total. The fraction of sp³-hybridized carbons (Fsp3) is 0.176. The topological polar surface area (TPSA) is 58.2 Å². The lowest BCUT2D eigenvalue weighted by Gasteiger charge is -2.08. The smallest absolute Gasteiger partial charge is 0.233 e. The van der Waals surface area contributed by atoms with Gasteiger partial charge in [-0.05, 0) is 49.2 Å². The number of anilines is 2. The van der Waals surface area contributed by atoms with Gasteiger partial charge in [-0.15, -0.1) is 0 Å². The summed E-state index contributed by atoms with van der Waals surface area (Å²) in [6.45, 7) is 3.99. The van der Waals surface area contributed by atoms with Crippen LogP contribution >= 0.6 is 0 Å². The minimum atomic E-state index is -0.331. The highest BCUT2D eigenvalue weighted by Gasteiger charge is 2.10. The van der Waals surface area contributed by atoms with Crippen molar-refractivity contribution in [1.29, 1.82) is 0 Å². The van der Waals surface area contributed by atoms with Gasteiger partial charge in [-0.3, -0.25) is 9.59 Å². The van der Waals surface area contributed by atoms with Crippen LogP contribution in [0.3, 0.4) is 0 Å². The molecule has 0 aliphatic rings. The molecule has 2 aromatic carbocycles. The Balaban J connectivity index is 1.89. The standard InChI is InChI=1S/C17H18N2O2/c1-12-8-9-15(10-13(12)2)19-17(21)11-16(20)18-14-6-4-3-5-7-14/h3-10H,11H2,1-2H3,(H,18,20)(H,19,21). The van der Waals surface area contributed by atoms with Gasteiger partial charge >= 0.3 is 0 Å². The molecule has 0 spiro atoms. The molecular weight excluding hydrogens is 264 g/mol. The minimum absolute atomic E-state index is 0.207. The van der Waals surface area contributed by atoms with E-state index in [0.29, 0.717) is 11.4 Å². The first kappa shape index (κ1) is 14.8. The van der Waals surface area contributed by atoms with Crippen molar-refractivity contribution < 1.29 is 9.59 Å². The first-order valence-electron chi connectivity index (χ1n) is 6.76. The van der Waals surface area contributed by atoms with E-state index in [2.05, 4.69) is 10.6 Å². The number of hydrogen-bond acceptors (Lipinski definition) is 2. The lowest BCUT2D eigenvalue weighted by Crippen LogP contribution is -2.21. The van der Waals surface area contributed by atoms with Crippen molar-refractivity contribution in [2.45, 2.75) is 20.3 Å². The van der Waals surface area contributed by atoms with Gasteiger partial charge < -0.3 is 10.6 Å². The van der Waals surface area contributed by atoms with E-state index in [1.807, 2.05) is 50.2 Å². The van der Waals surface area contributed by atoms with Crippen molar-refractivity contribution in [2.24, 2.45) is 0 Å². The number of carbonyl (C=O) groups excluding carboxylic acids is 2.